The normalized spacial score (nSPS) is 24.9. The van der Waals surface area contributed by atoms with Crippen molar-refractivity contribution in [2.75, 3.05) is 31.1 Å². The molecule has 19 heavy (non-hydrogen) atoms. The second-order valence-corrected chi connectivity index (χ2v) is 6.07. The number of likely N-dealkylation sites (tertiary alicyclic amines) is 1. The third-order valence-electron chi connectivity index (χ3n) is 4.11. The molecule has 2 saturated heterocycles. The molecule has 0 N–H and O–H groups in total. The molecule has 0 spiro atoms. The van der Waals surface area contributed by atoms with Crippen LogP contribution in [0.25, 0.3) is 0 Å². The highest BCUT2D eigenvalue weighted by molar-refractivity contribution is 6.33. The quantitative estimate of drug-likeness (QED) is 0.841. The number of hydrogen-bond acceptors (Lipinski definition) is 4. The Balaban J connectivity index is 1.69. The Labute approximate surface area is 123 Å². The molecule has 6 heteroatoms. The number of hydrogen-bond donors (Lipinski definition) is 0. The van der Waals surface area contributed by atoms with Crippen molar-refractivity contribution in [3.63, 3.8) is 0 Å². The average molecular weight is 301 g/mol. The second-order valence-electron chi connectivity index (χ2n) is 5.33. The molecule has 0 aliphatic carbocycles. The summed E-state index contributed by atoms with van der Waals surface area (Å²) < 4.78 is 0. The molecule has 0 saturated carbocycles. The molecule has 3 heterocycles. The smallest absolute Gasteiger partial charge is 0.175 e. The lowest BCUT2D eigenvalue weighted by Gasteiger charge is -2.32. The number of aromatic nitrogens is 2. The summed E-state index contributed by atoms with van der Waals surface area (Å²) in [5, 5.41) is 8.51. The van der Waals surface area contributed by atoms with Crippen LogP contribution < -0.4 is 4.90 Å². The van der Waals surface area contributed by atoms with E-state index in [-0.39, 0.29) is 0 Å². The summed E-state index contributed by atoms with van der Waals surface area (Å²) in [7, 11) is 0. The predicted molar refractivity (Wildman–Crippen MR) is 78.1 cm³/mol. The van der Waals surface area contributed by atoms with Crippen molar-refractivity contribution >= 4 is 28.9 Å². The lowest BCUT2D eigenvalue weighted by molar-refractivity contribution is 0.175. The molecule has 1 aromatic rings. The van der Waals surface area contributed by atoms with Crippen LogP contribution >= 0.6 is 23.2 Å². The Morgan fingerprint density at radius 1 is 1.05 bits per heavy atom. The van der Waals surface area contributed by atoms with E-state index in [4.69, 9.17) is 23.2 Å². The van der Waals surface area contributed by atoms with E-state index in [9.17, 15) is 0 Å². The Kier molecular flexibility index (Phi) is 4.10. The van der Waals surface area contributed by atoms with E-state index in [0.717, 1.165) is 18.8 Å². The van der Waals surface area contributed by atoms with Crippen molar-refractivity contribution in [1.29, 1.82) is 0 Å². The van der Waals surface area contributed by atoms with Gasteiger partial charge in [-0.05, 0) is 32.4 Å². The summed E-state index contributed by atoms with van der Waals surface area (Å²) in [6.07, 6.45) is 5.23. The maximum Gasteiger partial charge on any atom is 0.175 e. The number of rotatable bonds is 2. The molecule has 0 radical (unpaired) electrons. The zero-order valence-electron chi connectivity index (χ0n) is 10.9. The lowest BCUT2D eigenvalue weighted by Crippen LogP contribution is -2.40. The fourth-order valence-corrected chi connectivity index (χ4v) is 3.46. The van der Waals surface area contributed by atoms with Crippen LogP contribution in [0.4, 0.5) is 5.69 Å². The van der Waals surface area contributed by atoms with E-state index in [1.807, 2.05) is 6.07 Å². The average Bonchev–Trinajstić information content (AvgIpc) is 2.92. The summed E-state index contributed by atoms with van der Waals surface area (Å²) >= 11 is 12.0. The fraction of sp³-hybridized carbons (Fsp3) is 0.692. The molecule has 0 amide bonds. The van der Waals surface area contributed by atoms with Crippen molar-refractivity contribution in [3.05, 3.63) is 16.4 Å². The minimum Gasteiger partial charge on any atom is -0.367 e. The number of piperidine rings is 1. The molecule has 2 aliphatic rings. The first kappa shape index (κ1) is 13.4. The molecule has 2 aliphatic heterocycles. The van der Waals surface area contributed by atoms with E-state index in [2.05, 4.69) is 20.0 Å². The molecule has 1 aromatic heterocycles. The van der Waals surface area contributed by atoms with Crippen LogP contribution in [0.3, 0.4) is 0 Å². The van der Waals surface area contributed by atoms with Crippen molar-refractivity contribution in [2.45, 2.75) is 31.7 Å². The van der Waals surface area contributed by atoms with Gasteiger partial charge in [0, 0.05) is 25.2 Å². The fourth-order valence-electron chi connectivity index (χ4n) is 3.11. The summed E-state index contributed by atoms with van der Waals surface area (Å²) in [5.41, 5.74) is 0.918. The lowest BCUT2D eigenvalue weighted by atomic mass is 10.1. The summed E-state index contributed by atoms with van der Waals surface area (Å²) in [6, 6.07) is 2.46. The third kappa shape index (κ3) is 2.96. The largest absolute Gasteiger partial charge is 0.367 e. The van der Waals surface area contributed by atoms with Gasteiger partial charge in [-0.25, -0.2) is 0 Å². The van der Waals surface area contributed by atoms with Gasteiger partial charge in [0.05, 0.1) is 5.69 Å². The van der Waals surface area contributed by atoms with Gasteiger partial charge in [-0.2, -0.15) is 0 Å². The Morgan fingerprint density at radius 3 is 2.63 bits per heavy atom. The van der Waals surface area contributed by atoms with E-state index < -0.39 is 0 Å². The van der Waals surface area contributed by atoms with Crippen molar-refractivity contribution in [3.8, 4) is 0 Å². The predicted octanol–water partition coefficient (Wildman–Crippen LogP) is 2.85. The summed E-state index contributed by atoms with van der Waals surface area (Å²) in [6.45, 7) is 4.51. The van der Waals surface area contributed by atoms with Gasteiger partial charge < -0.3 is 4.90 Å². The minimum atomic E-state index is 0.404. The van der Waals surface area contributed by atoms with Gasteiger partial charge in [0.25, 0.3) is 0 Å². The van der Waals surface area contributed by atoms with Crippen LogP contribution in [0.5, 0.6) is 0 Å². The topological polar surface area (TPSA) is 32.3 Å². The molecule has 3 rings (SSSR count). The molecule has 2 fully saturated rings. The van der Waals surface area contributed by atoms with Crippen molar-refractivity contribution in [1.82, 2.24) is 15.1 Å². The van der Waals surface area contributed by atoms with Gasteiger partial charge in [-0.3, -0.25) is 4.90 Å². The number of nitrogens with zero attached hydrogens (tertiary/aromatic N) is 4. The third-order valence-corrected chi connectivity index (χ3v) is 4.57. The Morgan fingerprint density at radius 2 is 1.84 bits per heavy atom. The monoisotopic (exact) mass is 300 g/mol. The first-order valence-corrected chi connectivity index (χ1v) is 7.67. The van der Waals surface area contributed by atoms with E-state index >= 15 is 0 Å². The van der Waals surface area contributed by atoms with Gasteiger partial charge in [0.1, 0.15) is 0 Å². The molecule has 1 atom stereocenters. The van der Waals surface area contributed by atoms with Gasteiger partial charge in [-0.15, -0.1) is 10.2 Å². The standard InChI is InChI=1S/C13H18Cl2N4/c14-12-8-11(13(15)17-16-12)19-7-4-10(9-19)18-5-2-1-3-6-18/h8,10H,1-7,9H2. The van der Waals surface area contributed by atoms with Gasteiger partial charge in [-0.1, -0.05) is 29.6 Å². The van der Waals surface area contributed by atoms with E-state index in [0.29, 0.717) is 16.3 Å². The molecule has 0 bridgehead atoms. The van der Waals surface area contributed by atoms with Crippen molar-refractivity contribution < 1.29 is 0 Å². The highest BCUT2D eigenvalue weighted by Crippen LogP contribution is 2.30. The molecule has 4 nitrogen and oxygen atoms in total. The summed E-state index contributed by atoms with van der Waals surface area (Å²) in [5.74, 6) is 0. The molecule has 104 valence electrons. The van der Waals surface area contributed by atoms with Crippen molar-refractivity contribution in [2.24, 2.45) is 0 Å². The highest BCUT2D eigenvalue weighted by Gasteiger charge is 2.29. The van der Waals surface area contributed by atoms with Crippen LogP contribution in [-0.2, 0) is 0 Å². The first-order valence-electron chi connectivity index (χ1n) is 6.92. The first-order chi connectivity index (χ1) is 9.24. The van der Waals surface area contributed by atoms with Gasteiger partial charge >= 0.3 is 0 Å². The minimum absolute atomic E-state index is 0.404. The number of anilines is 1. The van der Waals surface area contributed by atoms with E-state index in [1.54, 1.807) is 0 Å². The maximum atomic E-state index is 6.12. The Bertz CT molecular complexity index is 448. The van der Waals surface area contributed by atoms with Gasteiger partial charge in [0.15, 0.2) is 10.3 Å². The van der Waals surface area contributed by atoms with Crippen LogP contribution in [0.1, 0.15) is 25.7 Å². The molecule has 0 aromatic carbocycles. The maximum absolute atomic E-state index is 6.12. The summed E-state index contributed by atoms with van der Waals surface area (Å²) in [4.78, 5) is 4.90. The van der Waals surface area contributed by atoms with Crippen LogP contribution in [0.2, 0.25) is 10.3 Å². The number of halogens is 2. The Hall–Kier alpha value is -0.580. The zero-order chi connectivity index (χ0) is 13.2. The van der Waals surface area contributed by atoms with Crippen LogP contribution in [-0.4, -0.2) is 47.3 Å². The van der Waals surface area contributed by atoms with Gasteiger partial charge in [0.2, 0.25) is 0 Å². The van der Waals surface area contributed by atoms with Crippen LogP contribution in [0.15, 0.2) is 6.07 Å². The molecular formula is C13H18Cl2N4. The molecule has 1 unspecified atom stereocenters. The van der Waals surface area contributed by atoms with Crippen LogP contribution in [0, 0.1) is 0 Å². The highest BCUT2D eigenvalue weighted by atomic mass is 35.5. The SMILES string of the molecule is Clc1cc(N2CCC(N3CCCCC3)C2)c(Cl)nn1. The van der Waals surface area contributed by atoms with E-state index in [1.165, 1.54) is 38.8 Å². The second kappa shape index (κ2) is 5.81. The molecular weight excluding hydrogens is 283 g/mol. The zero-order valence-corrected chi connectivity index (χ0v) is 12.4.